The lowest BCUT2D eigenvalue weighted by Crippen LogP contribution is -2.30. The van der Waals surface area contributed by atoms with Crippen LogP contribution in [0.5, 0.6) is 0 Å². The van der Waals surface area contributed by atoms with E-state index < -0.39 is 10.0 Å². The van der Waals surface area contributed by atoms with Crippen LogP contribution in [0.25, 0.3) is 16.8 Å². The maximum absolute atomic E-state index is 12.8. The number of sulfonamides is 1. The van der Waals surface area contributed by atoms with Crippen molar-refractivity contribution in [1.29, 1.82) is 0 Å². The Labute approximate surface area is 146 Å². The normalized spacial score (nSPS) is 12.0. The number of pyridine rings is 2. The van der Waals surface area contributed by atoms with Crippen molar-refractivity contribution < 1.29 is 13.2 Å². The molecule has 0 aliphatic carbocycles. The number of ketones is 1. The topological polar surface area (TPSA) is 80.5 Å². The van der Waals surface area contributed by atoms with E-state index in [0.717, 1.165) is 0 Å². The van der Waals surface area contributed by atoms with Gasteiger partial charge in [0.1, 0.15) is 4.90 Å². The van der Waals surface area contributed by atoms with Gasteiger partial charge >= 0.3 is 0 Å². The van der Waals surface area contributed by atoms with Gasteiger partial charge in [-0.25, -0.2) is 13.1 Å². The second-order valence-electron chi connectivity index (χ2n) is 6.08. The van der Waals surface area contributed by atoms with Crippen LogP contribution in [-0.4, -0.2) is 29.6 Å². The molecular formula is C18H19N3O3S. The maximum Gasteiger partial charge on any atom is 0.242 e. The molecule has 3 aromatic rings. The Morgan fingerprint density at radius 1 is 1.20 bits per heavy atom. The summed E-state index contributed by atoms with van der Waals surface area (Å²) >= 11 is 0. The van der Waals surface area contributed by atoms with Gasteiger partial charge in [0.25, 0.3) is 0 Å². The molecule has 25 heavy (non-hydrogen) atoms. The van der Waals surface area contributed by atoms with E-state index in [4.69, 9.17) is 0 Å². The fourth-order valence-corrected chi connectivity index (χ4v) is 4.27. The van der Waals surface area contributed by atoms with Crippen molar-refractivity contribution in [2.24, 2.45) is 0 Å². The predicted octanol–water partition coefficient (Wildman–Crippen LogP) is 2.89. The molecule has 3 aromatic heterocycles. The number of fused-ring (bicyclic) bond motifs is 1. The average Bonchev–Trinajstić information content (AvgIpc) is 2.94. The second-order valence-corrected chi connectivity index (χ2v) is 7.76. The first-order chi connectivity index (χ1) is 11.8. The monoisotopic (exact) mass is 357 g/mol. The summed E-state index contributed by atoms with van der Waals surface area (Å²) in [4.78, 5) is 16.5. The lowest BCUT2D eigenvalue weighted by atomic mass is 10.1. The van der Waals surface area contributed by atoms with Gasteiger partial charge in [-0.1, -0.05) is 6.07 Å². The van der Waals surface area contributed by atoms with Gasteiger partial charge in [-0.15, -0.1) is 0 Å². The highest BCUT2D eigenvalue weighted by Gasteiger charge is 2.24. The van der Waals surface area contributed by atoms with E-state index in [1.807, 2.05) is 6.07 Å². The summed E-state index contributed by atoms with van der Waals surface area (Å²) < 4.78 is 29.8. The number of aromatic nitrogens is 2. The quantitative estimate of drug-likeness (QED) is 0.712. The van der Waals surface area contributed by atoms with Crippen LogP contribution in [0.15, 0.2) is 53.7 Å². The highest BCUT2D eigenvalue weighted by molar-refractivity contribution is 7.89. The van der Waals surface area contributed by atoms with Gasteiger partial charge in [-0.2, -0.15) is 0 Å². The third-order valence-electron chi connectivity index (χ3n) is 3.73. The number of rotatable bonds is 5. The molecule has 7 heteroatoms. The zero-order valence-electron chi connectivity index (χ0n) is 14.2. The first kappa shape index (κ1) is 17.3. The molecule has 0 saturated heterocycles. The van der Waals surface area contributed by atoms with Crippen molar-refractivity contribution in [2.75, 3.05) is 0 Å². The Bertz CT molecular complexity index is 1040. The first-order valence-corrected chi connectivity index (χ1v) is 9.38. The van der Waals surface area contributed by atoms with Crippen LogP contribution in [0.1, 0.15) is 31.3 Å². The number of nitrogens with one attached hydrogen (secondary N) is 1. The van der Waals surface area contributed by atoms with E-state index in [1.54, 1.807) is 54.9 Å². The fourth-order valence-electron chi connectivity index (χ4n) is 2.81. The number of carbonyl (C=O) groups excluding carboxylic acids is 1. The van der Waals surface area contributed by atoms with Gasteiger partial charge < -0.3 is 4.40 Å². The zero-order chi connectivity index (χ0) is 18.2. The summed E-state index contributed by atoms with van der Waals surface area (Å²) in [6.07, 6.45) is 3.32. The minimum absolute atomic E-state index is 0.122. The van der Waals surface area contributed by atoms with Gasteiger partial charge in [-0.3, -0.25) is 9.78 Å². The molecule has 0 aromatic carbocycles. The van der Waals surface area contributed by atoms with Crippen LogP contribution < -0.4 is 4.72 Å². The number of carbonyl (C=O) groups is 1. The Morgan fingerprint density at radius 2 is 1.96 bits per heavy atom. The van der Waals surface area contributed by atoms with Crippen molar-refractivity contribution in [1.82, 2.24) is 14.1 Å². The number of nitrogens with zero attached hydrogens (tertiary/aromatic N) is 2. The molecule has 130 valence electrons. The highest BCUT2D eigenvalue weighted by Crippen LogP contribution is 2.31. The summed E-state index contributed by atoms with van der Waals surface area (Å²) in [5.74, 6) is -0.149. The second kappa shape index (κ2) is 6.42. The van der Waals surface area contributed by atoms with E-state index in [-0.39, 0.29) is 16.7 Å². The van der Waals surface area contributed by atoms with Gasteiger partial charge in [0.15, 0.2) is 5.78 Å². The first-order valence-electron chi connectivity index (χ1n) is 7.90. The lowest BCUT2D eigenvalue weighted by Gasteiger charge is -2.12. The summed E-state index contributed by atoms with van der Waals surface area (Å²) in [6, 6.07) is 10.00. The molecule has 0 atom stereocenters. The smallest absolute Gasteiger partial charge is 0.242 e. The molecule has 3 rings (SSSR count). The van der Waals surface area contributed by atoms with E-state index in [1.165, 1.54) is 13.0 Å². The molecule has 0 fully saturated rings. The molecule has 0 saturated carbocycles. The molecule has 0 aliphatic heterocycles. The van der Waals surface area contributed by atoms with Crippen molar-refractivity contribution in [3.63, 3.8) is 0 Å². The fraction of sp³-hybridized carbons (Fsp3) is 0.222. The average molecular weight is 357 g/mol. The SMILES string of the molecule is CC(=O)c1cc(-c2ccccn2)c2c(S(=O)(=O)NC(C)C)cccn12. The van der Waals surface area contributed by atoms with Gasteiger partial charge in [0.05, 0.1) is 16.9 Å². The third kappa shape index (κ3) is 3.20. The van der Waals surface area contributed by atoms with Crippen LogP contribution >= 0.6 is 0 Å². The molecule has 0 unspecified atom stereocenters. The highest BCUT2D eigenvalue weighted by atomic mass is 32.2. The number of Topliss-reactive ketones (excluding diaryl/α,β-unsaturated/α-hetero) is 1. The maximum atomic E-state index is 12.8. The largest absolute Gasteiger partial charge is 0.312 e. The predicted molar refractivity (Wildman–Crippen MR) is 96.1 cm³/mol. The Hall–Kier alpha value is -2.51. The standard InChI is InChI=1S/C18H19N3O3S/c1-12(2)20-25(23,24)17-8-6-10-21-16(13(3)22)11-14(18(17)21)15-7-4-5-9-19-15/h4-12,20H,1-3H3. The van der Waals surface area contributed by atoms with Crippen LogP contribution in [0, 0.1) is 0 Å². The molecular weight excluding hydrogens is 338 g/mol. The lowest BCUT2D eigenvalue weighted by molar-refractivity contribution is 0.101. The van der Waals surface area contributed by atoms with E-state index in [9.17, 15) is 13.2 Å². The van der Waals surface area contributed by atoms with Crippen LogP contribution in [0.4, 0.5) is 0 Å². The molecule has 3 heterocycles. The summed E-state index contributed by atoms with van der Waals surface area (Å²) in [5, 5.41) is 0. The molecule has 6 nitrogen and oxygen atoms in total. The van der Waals surface area contributed by atoms with Gasteiger partial charge in [0.2, 0.25) is 10.0 Å². The van der Waals surface area contributed by atoms with Crippen molar-refractivity contribution in [3.8, 4) is 11.3 Å². The minimum atomic E-state index is -3.74. The third-order valence-corrected chi connectivity index (χ3v) is 5.42. The molecule has 0 aliphatic rings. The summed E-state index contributed by atoms with van der Waals surface area (Å²) in [5.41, 5.74) is 2.08. The molecule has 1 N–H and O–H groups in total. The Kier molecular flexibility index (Phi) is 4.45. The van der Waals surface area contributed by atoms with Crippen LogP contribution in [-0.2, 0) is 10.0 Å². The van der Waals surface area contributed by atoms with Crippen molar-refractivity contribution in [3.05, 3.63) is 54.5 Å². The van der Waals surface area contributed by atoms with E-state index in [0.29, 0.717) is 22.5 Å². The Balaban J connectivity index is 2.39. The molecule has 0 spiro atoms. The van der Waals surface area contributed by atoms with E-state index in [2.05, 4.69) is 9.71 Å². The molecule has 0 radical (unpaired) electrons. The number of hydrogen-bond donors (Lipinski definition) is 1. The summed E-state index contributed by atoms with van der Waals surface area (Å²) in [6.45, 7) is 4.98. The van der Waals surface area contributed by atoms with Gasteiger partial charge in [0, 0.05) is 30.9 Å². The van der Waals surface area contributed by atoms with Crippen LogP contribution in [0.3, 0.4) is 0 Å². The molecule has 0 amide bonds. The summed E-state index contributed by atoms with van der Waals surface area (Å²) in [7, 11) is -3.74. The van der Waals surface area contributed by atoms with Crippen LogP contribution in [0.2, 0.25) is 0 Å². The molecule has 0 bridgehead atoms. The van der Waals surface area contributed by atoms with Crippen molar-refractivity contribution >= 4 is 21.3 Å². The Morgan fingerprint density at radius 3 is 2.56 bits per heavy atom. The van der Waals surface area contributed by atoms with Crippen molar-refractivity contribution in [2.45, 2.75) is 31.7 Å². The number of hydrogen-bond acceptors (Lipinski definition) is 4. The zero-order valence-corrected chi connectivity index (χ0v) is 15.0. The minimum Gasteiger partial charge on any atom is -0.312 e. The van der Waals surface area contributed by atoms with Gasteiger partial charge in [-0.05, 0) is 44.2 Å². The van der Waals surface area contributed by atoms with E-state index >= 15 is 0 Å².